The zero-order chi connectivity index (χ0) is 31.2. The van der Waals surface area contributed by atoms with Gasteiger partial charge in [0.2, 0.25) is 5.89 Å². The molecular formula is C43H27N3O. The largest absolute Gasteiger partial charge is 0.436 e. The van der Waals surface area contributed by atoms with E-state index in [4.69, 9.17) is 19.4 Å². The van der Waals surface area contributed by atoms with E-state index in [0.29, 0.717) is 11.7 Å². The summed E-state index contributed by atoms with van der Waals surface area (Å²) in [6.07, 6.45) is 0. The number of hydrogen-bond donors (Lipinski definition) is 0. The van der Waals surface area contributed by atoms with Gasteiger partial charge in [0.25, 0.3) is 0 Å². The van der Waals surface area contributed by atoms with E-state index in [0.717, 1.165) is 77.4 Å². The van der Waals surface area contributed by atoms with Crippen LogP contribution < -0.4 is 0 Å². The maximum atomic E-state index is 6.20. The monoisotopic (exact) mass is 601 g/mol. The minimum absolute atomic E-state index is 0.635. The zero-order valence-electron chi connectivity index (χ0n) is 25.3. The van der Waals surface area contributed by atoms with E-state index in [1.165, 1.54) is 0 Å². The third-order valence-electron chi connectivity index (χ3n) is 8.72. The van der Waals surface area contributed by atoms with Crippen molar-refractivity contribution in [3.8, 4) is 56.5 Å². The predicted octanol–water partition coefficient (Wildman–Crippen LogP) is 11.3. The van der Waals surface area contributed by atoms with Crippen molar-refractivity contribution in [3.05, 3.63) is 164 Å². The fourth-order valence-electron chi connectivity index (χ4n) is 6.32. The maximum Gasteiger partial charge on any atom is 0.227 e. The third-order valence-corrected chi connectivity index (χ3v) is 8.72. The van der Waals surface area contributed by atoms with Gasteiger partial charge in [-0.1, -0.05) is 133 Å². The summed E-state index contributed by atoms with van der Waals surface area (Å²) in [6, 6.07) is 56.3. The molecule has 0 unspecified atom stereocenters. The molecule has 0 aliphatic carbocycles. The van der Waals surface area contributed by atoms with E-state index in [2.05, 4.69) is 91.0 Å². The lowest BCUT2D eigenvalue weighted by molar-refractivity contribution is 0.620. The van der Waals surface area contributed by atoms with Crippen LogP contribution in [-0.2, 0) is 0 Å². The Morgan fingerprint density at radius 1 is 0.383 bits per heavy atom. The molecule has 0 amide bonds. The van der Waals surface area contributed by atoms with E-state index in [1.54, 1.807) is 0 Å². The summed E-state index contributed by atoms with van der Waals surface area (Å²) in [5.74, 6) is 1.34. The fraction of sp³-hybridized carbons (Fsp3) is 0. The Morgan fingerprint density at radius 2 is 0.936 bits per heavy atom. The van der Waals surface area contributed by atoms with Gasteiger partial charge in [-0.05, 0) is 57.6 Å². The van der Waals surface area contributed by atoms with Crippen LogP contribution in [0.4, 0.5) is 0 Å². The van der Waals surface area contributed by atoms with Gasteiger partial charge in [0, 0.05) is 27.6 Å². The normalized spacial score (nSPS) is 11.4. The molecular weight excluding hydrogens is 574 g/mol. The minimum atomic E-state index is 0.635. The van der Waals surface area contributed by atoms with Gasteiger partial charge in [-0.15, -0.1) is 0 Å². The molecule has 2 heterocycles. The topological polar surface area (TPSA) is 51.8 Å². The first-order chi connectivity index (χ1) is 23.3. The molecule has 4 nitrogen and oxygen atoms in total. The molecule has 7 aromatic carbocycles. The van der Waals surface area contributed by atoms with E-state index < -0.39 is 0 Å². The molecule has 0 aliphatic heterocycles. The highest BCUT2D eigenvalue weighted by Gasteiger charge is 2.15. The van der Waals surface area contributed by atoms with Gasteiger partial charge in [0.15, 0.2) is 11.4 Å². The molecule has 0 aliphatic rings. The Balaban J connectivity index is 1.10. The number of oxazole rings is 1. The van der Waals surface area contributed by atoms with Crippen molar-refractivity contribution in [2.75, 3.05) is 0 Å². The molecule has 0 atom stereocenters. The number of rotatable bonds is 5. The molecule has 0 spiro atoms. The van der Waals surface area contributed by atoms with E-state index in [1.807, 2.05) is 72.8 Å². The van der Waals surface area contributed by atoms with Crippen LogP contribution in [0.25, 0.3) is 89.1 Å². The molecule has 9 aromatic rings. The van der Waals surface area contributed by atoms with Gasteiger partial charge in [0.05, 0.1) is 11.4 Å². The average molecular weight is 602 g/mol. The van der Waals surface area contributed by atoms with Crippen molar-refractivity contribution < 1.29 is 4.42 Å². The fourth-order valence-corrected chi connectivity index (χ4v) is 6.32. The van der Waals surface area contributed by atoms with Crippen LogP contribution in [0.5, 0.6) is 0 Å². The van der Waals surface area contributed by atoms with Gasteiger partial charge < -0.3 is 4.42 Å². The van der Waals surface area contributed by atoms with Crippen LogP contribution in [0, 0.1) is 0 Å². The van der Waals surface area contributed by atoms with Gasteiger partial charge in [-0.2, -0.15) is 0 Å². The smallest absolute Gasteiger partial charge is 0.227 e. The average Bonchev–Trinajstić information content (AvgIpc) is 3.60. The summed E-state index contributed by atoms with van der Waals surface area (Å²) in [4.78, 5) is 14.9. The SMILES string of the molecule is c1ccc(-c2cc(-c3ccccc3)nc(-c3ccc(-c4ccc5c(ccc6ccc7oc(-c8ccccc8)nc7c65)c4)cc3)n2)cc1. The standard InChI is InChI=1S/C43H27N3O/c1-4-10-29(11-5-1)37-27-38(30-12-6-2-7-13-30)45-42(44-37)32-19-16-28(17-20-32)34-22-24-36-35(26-34)21-18-31-23-25-39-41(40(31)36)46-43(47-39)33-14-8-3-9-15-33/h1-27H. The first kappa shape index (κ1) is 27.0. The Kier molecular flexibility index (Phi) is 6.43. The molecule has 0 saturated heterocycles. The quantitative estimate of drug-likeness (QED) is 0.184. The number of nitrogens with zero attached hydrogens (tertiary/aromatic N) is 3. The van der Waals surface area contributed by atoms with Crippen molar-refractivity contribution in [2.24, 2.45) is 0 Å². The number of hydrogen-bond acceptors (Lipinski definition) is 4. The Hall–Kier alpha value is -6.39. The third kappa shape index (κ3) is 4.93. The van der Waals surface area contributed by atoms with Gasteiger partial charge >= 0.3 is 0 Å². The summed E-state index contributed by atoms with van der Waals surface area (Å²) in [5, 5.41) is 4.56. The van der Waals surface area contributed by atoms with Gasteiger partial charge in [-0.25, -0.2) is 15.0 Å². The predicted molar refractivity (Wildman–Crippen MR) is 192 cm³/mol. The molecule has 0 radical (unpaired) electrons. The van der Waals surface area contributed by atoms with Gasteiger partial charge in [0.1, 0.15) is 5.52 Å². The van der Waals surface area contributed by atoms with Crippen molar-refractivity contribution in [3.63, 3.8) is 0 Å². The van der Waals surface area contributed by atoms with E-state index in [-0.39, 0.29) is 0 Å². The zero-order valence-corrected chi connectivity index (χ0v) is 25.3. The summed E-state index contributed by atoms with van der Waals surface area (Å²) in [7, 11) is 0. The summed E-state index contributed by atoms with van der Waals surface area (Å²) < 4.78 is 6.20. The lowest BCUT2D eigenvalue weighted by Crippen LogP contribution is -1.95. The molecule has 2 aromatic heterocycles. The van der Waals surface area contributed by atoms with Crippen LogP contribution in [0.3, 0.4) is 0 Å². The first-order valence-electron chi connectivity index (χ1n) is 15.7. The van der Waals surface area contributed by atoms with Crippen molar-refractivity contribution in [1.29, 1.82) is 0 Å². The van der Waals surface area contributed by atoms with Crippen molar-refractivity contribution in [1.82, 2.24) is 15.0 Å². The lowest BCUT2D eigenvalue weighted by atomic mass is 9.96. The Morgan fingerprint density at radius 3 is 1.60 bits per heavy atom. The number of aromatic nitrogens is 3. The van der Waals surface area contributed by atoms with Crippen LogP contribution >= 0.6 is 0 Å². The highest BCUT2D eigenvalue weighted by atomic mass is 16.3. The molecule has 47 heavy (non-hydrogen) atoms. The lowest BCUT2D eigenvalue weighted by Gasteiger charge is -2.10. The van der Waals surface area contributed by atoms with Crippen LogP contribution in [0.1, 0.15) is 0 Å². The van der Waals surface area contributed by atoms with E-state index >= 15 is 0 Å². The van der Waals surface area contributed by atoms with Crippen LogP contribution in [-0.4, -0.2) is 15.0 Å². The molecule has 0 saturated carbocycles. The Bertz CT molecular complexity index is 2480. The summed E-state index contributed by atoms with van der Waals surface area (Å²) >= 11 is 0. The van der Waals surface area contributed by atoms with Crippen LogP contribution in [0.15, 0.2) is 168 Å². The second-order valence-electron chi connectivity index (χ2n) is 11.7. The Labute approximate surface area is 271 Å². The van der Waals surface area contributed by atoms with E-state index in [9.17, 15) is 0 Å². The summed E-state index contributed by atoms with van der Waals surface area (Å²) in [6.45, 7) is 0. The molecule has 0 N–H and O–H groups in total. The highest BCUT2D eigenvalue weighted by molar-refractivity contribution is 6.18. The van der Waals surface area contributed by atoms with Crippen molar-refractivity contribution >= 4 is 32.6 Å². The first-order valence-corrected chi connectivity index (χ1v) is 15.7. The minimum Gasteiger partial charge on any atom is -0.436 e. The second-order valence-corrected chi connectivity index (χ2v) is 11.7. The molecule has 0 bridgehead atoms. The number of fused-ring (bicyclic) bond motifs is 5. The molecule has 220 valence electrons. The molecule has 0 fully saturated rings. The number of benzene rings is 7. The summed E-state index contributed by atoms with van der Waals surface area (Å²) in [5.41, 5.74) is 9.81. The van der Waals surface area contributed by atoms with Gasteiger partial charge in [-0.3, -0.25) is 0 Å². The molecule has 9 rings (SSSR count). The van der Waals surface area contributed by atoms with Crippen LogP contribution in [0.2, 0.25) is 0 Å². The van der Waals surface area contributed by atoms with Crippen molar-refractivity contribution in [2.45, 2.75) is 0 Å². The highest BCUT2D eigenvalue weighted by Crippen LogP contribution is 2.36. The molecule has 4 heteroatoms. The maximum absolute atomic E-state index is 6.20. The second kappa shape index (κ2) is 11.2.